The lowest BCUT2D eigenvalue weighted by Gasteiger charge is -2.32. The first-order valence-electron chi connectivity index (χ1n) is 8.32. The first-order valence-corrected chi connectivity index (χ1v) is 9.14. The van der Waals surface area contributed by atoms with Crippen molar-refractivity contribution >= 4 is 24.0 Å². The minimum absolute atomic E-state index is 0.443. The lowest BCUT2D eigenvalue weighted by atomic mass is 9.82. The van der Waals surface area contributed by atoms with Crippen LogP contribution in [0, 0.1) is 0 Å². The van der Waals surface area contributed by atoms with E-state index in [4.69, 9.17) is 19.5 Å². The number of hydrogen-bond donors (Lipinski definition) is 1. The summed E-state index contributed by atoms with van der Waals surface area (Å²) in [6.45, 7) is 8.18. The zero-order valence-electron chi connectivity index (χ0n) is 15.0. The van der Waals surface area contributed by atoms with Gasteiger partial charge in [-0.05, 0) is 58.9 Å². The molecule has 0 radical (unpaired) electrons. The molecule has 25 heavy (non-hydrogen) atoms. The van der Waals surface area contributed by atoms with Gasteiger partial charge in [0.15, 0.2) is 0 Å². The molecule has 1 saturated heterocycles. The number of halogens is 1. The summed E-state index contributed by atoms with van der Waals surface area (Å²) in [7, 11) is -1.05. The molecule has 7 heteroatoms. The third-order valence-electron chi connectivity index (χ3n) is 4.81. The SMILES string of the molecule is CC1(C)OB(C(F)=C(c2ccoc2)c2ccc(CCN)s2)OC1(C)C. The average Bonchev–Trinajstić information content (AvgIpc) is 3.22. The molecule has 0 aliphatic carbocycles. The fourth-order valence-electron chi connectivity index (χ4n) is 2.66. The topological polar surface area (TPSA) is 57.6 Å². The summed E-state index contributed by atoms with van der Waals surface area (Å²) in [6.07, 6.45) is 3.82. The van der Waals surface area contributed by atoms with E-state index in [-0.39, 0.29) is 0 Å². The molecule has 0 unspecified atom stereocenters. The molecule has 2 aromatic rings. The molecule has 0 saturated carbocycles. The summed E-state index contributed by atoms with van der Waals surface area (Å²) in [5.74, 6) is 0. The molecule has 1 aliphatic rings. The van der Waals surface area contributed by atoms with Crippen LogP contribution >= 0.6 is 11.3 Å². The van der Waals surface area contributed by atoms with Crippen molar-refractivity contribution < 1.29 is 18.1 Å². The molecular formula is C18H23BFNO3S. The van der Waals surface area contributed by atoms with Crippen LogP contribution in [0.25, 0.3) is 5.57 Å². The van der Waals surface area contributed by atoms with Gasteiger partial charge in [0.2, 0.25) is 0 Å². The van der Waals surface area contributed by atoms with Crippen LogP contribution in [0.5, 0.6) is 0 Å². The van der Waals surface area contributed by atoms with Gasteiger partial charge in [-0.15, -0.1) is 11.3 Å². The number of thiophene rings is 1. The zero-order valence-corrected chi connectivity index (χ0v) is 15.8. The smallest absolute Gasteiger partial charge is 0.472 e. The molecule has 0 bridgehead atoms. The Morgan fingerprint density at radius 2 is 1.84 bits per heavy atom. The van der Waals surface area contributed by atoms with E-state index in [1.165, 1.54) is 23.9 Å². The van der Waals surface area contributed by atoms with Crippen LogP contribution in [0.4, 0.5) is 4.39 Å². The molecule has 2 N–H and O–H groups in total. The van der Waals surface area contributed by atoms with Gasteiger partial charge in [-0.2, -0.15) is 0 Å². The monoisotopic (exact) mass is 363 g/mol. The van der Waals surface area contributed by atoms with Gasteiger partial charge in [-0.1, -0.05) is 0 Å². The standard InChI is InChI=1S/C18H23BFNO3S/c1-17(2)18(3,4)24-19(23-17)16(20)15(12-8-10-22-11-12)14-6-5-13(25-14)7-9-21/h5-6,8,10-11H,7,9,21H2,1-4H3. The highest BCUT2D eigenvalue weighted by molar-refractivity contribution is 7.13. The normalized spacial score (nSPS) is 20.0. The zero-order chi connectivity index (χ0) is 18.2. The fourth-order valence-corrected chi connectivity index (χ4v) is 3.75. The van der Waals surface area contributed by atoms with E-state index in [0.717, 1.165) is 16.2 Å². The largest absolute Gasteiger partial charge is 0.525 e. The van der Waals surface area contributed by atoms with Crippen LogP contribution in [0.15, 0.2) is 40.9 Å². The van der Waals surface area contributed by atoms with Crippen molar-refractivity contribution in [1.82, 2.24) is 0 Å². The maximum absolute atomic E-state index is 15.5. The van der Waals surface area contributed by atoms with Crippen LogP contribution in [-0.2, 0) is 15.7 Å². The number of rotatable bonds is 5. The van der Waals surface area contributed by atoms with Crippen molar-refractivity contribution in [2.24, 2.45) is 5.73 Å². The second kappa shape index (κ2) is 6.72. The molecule has 0 spiro atoms. The summed E-state index contributed by atoms with van der Waals surface area (Å²) >= 11 is 1.52. The summed E-state index contributed by atoms with van der Waals surface area (Å²) in [6, 6.07) is 5.62. The second-order valence-corrected chi connectivity index (χ2v) is 8.30. The molecule has 0 amide bonds. The summed E-state index contributed by atoms with van der Waals surface area (Å²) in [4.78, 5) is 1.91. The van der Waals surface area contributed by atoms with Gasteiger partial charge < -0.3 is 19.5 Å². The predicted octanol–water partition coefficient (Wildman–Crippen LogP) is 4.20. The highest BCUT2D eigenvalue weighted by atomic mass is 32.1. The van der Waals surface area contributed by atoms with E-state index in [0.29, 0.717) is 17.7 Å². The van der Waals surface area contributed by atoms with Crippen molar-refractivity contribution in [3.8, 4) is 0 Å². The highest BCUT2D eigenvalue weighted by Gasteiger charge is 2.53. The second-order valence-electron chi connectivity index (χ2n) is 7.13. The minimum atomic E-state index is -1.05. The fraction of sp³-hybridized carbons (Fsp3) is 0.444. The summed E-state index contributed by atoms with van der Waals surface area (Å²) in [5, 5.41) is 0. The van der Waals surface area contributed by atoms with Crippen molar-refractivity contribution in [2.45, 2.75) is 45.3 Å². The first kappa shape index (κ1) is 18.4. The molecule has 0 aromatic carbocycles. The van der Waals surface area contributed by atoms with Crippen molar-refractivity contribution in [3.63, 3.8) is 0 Å². The maximum Gasteiger partial charge on any atom is 0.525 e. The lowest BCUT2D eigenvalue weighted by molar-refractivity contribution is 0.00578. The predicted molar refractivity (Wildman–Crippen MR) is 99.0 cm³/mol. The van der Waals surface area contributed by atoms with Crippen LogP contribution in [0.2, 0.25) is 0 Å². The number of nitrogens with two attached hydrogens (primary N) is 1. The van der Waals surface area contributed by atoms with E-state index in [1.54, 1.807) is 6.07 Å². The quantitative estimate of drug-likeness (QED) is 0.809. The minimum Gasteiger partial charge on any atom is -0.472 e. The molecule has 3 heterocycles. The molecule has 0 atom stereocenters. The van der Waals surface area contributed by atoms with E-state index >= 15 is 4.39 Å². The molecule has 1 fully saturated rings. The lowest BCUT2D eigenvalue weighted by Crippen LogP contribution is -2.41. The Morgan fingerprint density at radius 1 is 1.16 bits per heavy atom. The molecule has 4 nitrogen and oxygen atoms in total. The summed E-state index contributed by atoms with van der Waals surface area (Å²) < 4.78 is 32.4. The van der Waals surface area contributed by atoms with E-state index in [2.05, 4.69) is 0 Å². The van der Waals surface area contributed by atoms with Crippen LogP contribution in [-0.4, -0.2) is 24.9 Å². The number of hydrogen-bond acceptors (Lipinski definition) is 5. The summed E-state index contributed by atoms with van der Waals surface area (Å²) in [5.41, 5.74) is 5.09. The Balaban J connectivity index is 2.03. The molecule has 2 aromatic heterocycles. The Kier molecular flexibility index (Phi) is 4.94. The van der Waals surface area contributed by atoms with Crippen LogP contribution in [0.1, 0.15) is 43.0 Å². The average molecular weight is 363 g/mol. The van der Waals surface area contributed by atoms with Gasteiger partial charge in [0.1, 0.15) is 5.73 Å². The van der Waals surface area contributed by atoms with E-state index in [9.17, 15) is 0 Å². The third kappa shape index (κ3) is 3.46. The number of furan rings is 1. The van der Waals surface area contributed by atoms with Gasteiger partial charge in [-0.25, -0.2) is 4.39 Å². The van der Waals surface area contributed by atoms with Gasteiger partial charge in [0.05, 0.1) is 23.7 Å². The molecule has 1 aliphatic heterocycles. The Hall–Kier alpha value is -1.41. The van der Waals surface area contributed by atoms with Crippen molar-refractivity contribution in [3.05, 3.63) is 51.8 Å². The molecule has 3 rings (SSSR count). The van der Waals surface area contributed by atoms with E-state index in [1.807, 2.05) is 39.8 Å². The highest BCUT2D eigenvalue weighted by Crippen LogP contribution is 2.42. The van der Waals surface area contributed by atoms with E-state index < -0.39 is 24.0 Å². The van der Waals surface area contributed by atoms with Crippen molar-refractivity contribution in [2.75, 3.05) is 6.54 Å². The van der Waals surface area contributed by atoms with Crippen molar-refractivity contribution in [1.29, 1.82) is 0 Å². The van der Waals surface area contributed by atoms with Gasteiger partial charge in [0.25, 0.3) is 0 Å². The van der Waals surface area contributed by atoms with Gasteiger partial charge in [0, 0.05) is 20.9 Å². The first-order chi connectivity index (χ1) is 11.7. The Bertz CT molecular complexity index is 751. The van der Waals surface area contributed by atoms with Gasteiger partial charge >= 0.3 is 7.12 Å². The Morgan fingerprint density at radius 3 is 2.40 bits per heavy atom. The van der Waals surface area contributed by atoms with Gasteiger partial charge in [-0.3, -0.25) is 0 Å². The van der Waals surface area contributed by atoms with Crippen LogP contribution in [0.3, 0.4) is 0 Å². The third-order valence-corrected chi connectivity index (χ3v) is 5.97. The maximum atomic E-state index is 15.5. The Labute approximate surface area is 152 Å². The molecule has 134 valence electrons. The molecular weight excluding hydrogens is 340 g/mol. The van der Waals surface area contributed by atoms with Crippen LogP contribution < -0.4 is 5.73 Å².